The third-order valence-corrected chi connectivity index (χ3v) is 6.95. The van der Waals surface area contributed by atoms with Crippen molar-refractivity contribution in [1.29, 1.82) is 0 Å². The normalized spacial score (nSPS) is 10.8. The summed E-state index contributed by atoms with van der Waals surface area (Å²) in [6, 6.07) is 12.4. The molecule has 0 aliphatic rings. The lowest BCUT2D eigenvalue weighted by Gasteiger charge is -2.10. The van der Waals surface area contributed by atoms with Crippen LogP contribution >= 0.6 is 46.1 Å². The molecule has 0 bridgehead atoms. The number of aryl methyl sites for hydroxylation is 1. The lowest BCUT2D eigenvalue weighted by atomic mass is 10.2. The maximum Gasteiger partial charge on any atom is 0.234 e. The van der Waals surface area contributed by atoms with Gasteiger partial charge in [-0.05, 0) is 71.0 Å². The second kappa shape index (κ2) is 11.7. The van der Waals surface area contributed by atoms with Gasteiger partial charge in [-0.1, -0.05) is 30.0 Å². The van der Waals surface area contributed by atoms with Gasteiger partial charge in [0.1, 0.15) is 11.6 Å². The highest BCUT2D eigenvalue weighted by Gasteiger charge is 2.14. The second-order valence-electron chi connectivity index (χ2n) is 6.71. The molecule has 2 aromatic carbocycles. The highest BCUT2D eigenvalue weighted by Crippen LogP contribution is 2.23. The molecule has 1 heterocycles. The molecule has 31 heavy (non-hydrogen) atoms. The predicted octanol–water partition coefficient (Wildman–Crippen LogP) is 5.68. The molecular formula is C22H22FIN4OS2. The fourth-order valence-corrected chi connectivity index (χ4v) is 5.11. The van der Waals surface area contributed by atoms with Crippen molar-refractivity contribution in [3.05, 3.63) is 81.5 Å². The van der Waals surface area contributed by atoms with Crippen LogP contribution in [0.2, 0.25) is 0 Å². The highest BCUT2D eigenvalue weighted by molar-refractivity contribution is 14.1. The fourth-order valence-electron chi connectivity index (χ4n) is 2.77. The Bertz CT molecular complexity index is 1060. The smallest absolute Gasteiger partial charge is 0.234 e. The third kappa shape index (κ3) is 7.08. The predicted molar refractivity (Wildman–Crippen MR) is 135 cm³/mol. The molecule has 0 unspecified atom stereocenters. The molecule has 0 aliphatic carbocycles. The van der Waals surface area contributed by atoms with Gasteiger partial charge in [-0.2, -0.15) is 0 Å². The number of benzene rings is 2. The number of halogens is 2. The van der Waals surface area contributed by atoms with Gasteiger partial charge in [0.05, 0.1) is 11.5 Å². The van der Waals surface area contributed by atoms with E-state index in [4.69, 9.17) is 0 Å². The molecule has 162 valence electrons. The molecule has 5 nitrogen and oxygen atoms in total. The zero-order valence-electron chi connectivity index (χ0n) is 17.0. The summed E-state index contributed by atoms with van der Waals surface area (Å²) >= 11 is 5.28. The zero-order valence-corrected chi connectivity index (χ0v) is 20.8. The molecule has 0 atom stereocenters. The van der Waals surface area contributed by atoms with Gasteiger partial charge >= 0.3 is 0 Å². The quantitative estimate of drug-likeness (QED) is 0.194. The second-order valence-corrected chi connectivity index (χ2v) is 9.89. The van der Waals surface area contributed by atoms with E-state index in [-0.39, 0.29) is 17.5 Å². The van der Waals surface area contributed by atoms with E-state index < -0.39 is 0 Å². The van der Waals surface area contributed by atoms with E-state index in [9.17, 15) is 9.18 Å². The minimum absolute atomic E-state index is 0.0882. The summed E-state index contributed by atoms with van der Waals surface area (Å²) in [4.78, 5) is 12.4. The number of carbonyl (C=O) groups is 1. The van der Waals surface area contributed by atoms with Crippen molar-refractivity contribution in [2.24, 2.45) is 0 Å². The number of rotatable bonds is 10. The van der Waals surface area contributed by atoms with Crippen molar-refractivity contribution in [1.82, 2.24) is 14.8 Å². The molecule has 0 aliphatic heterocycles. The van der Waals surface area contributed by atoms with Crippen LogP contribution in [0.1, 0.15) is 17.0 Å². The van der Waals surface area contributed by atoms with Crippen molar-refractivity contribution >= 4 is 57.7 Å². The average Bonchev–Trinajstić information content (AvgIpc) is 3.12. The minimum atomic E-state index is -0.234. The molecule has 1 N–H and O–H groups in total. The Morgan fingerprint density at radius 1 is 1.23 bits per heavy atom. The number of nitrogens with zero attached hydrogens (tertiary/aromatic N) is 3. The number of allylic oxidation sites excluding steroid dienone is 1. The number of hydrogen-bond acceptors (Lipinski definition) is 5. The van der Waals surface area contributed by atoms with E-state index >= 15 is 0 Å². The van der Waals surface area contributed by atoms with E-state index in [1.54, 1.807) is 30.0 Å². The molecular weight excluding hydrogens is 546 g/mol. The summed E-state index contributed by atoms with van der Waals surface area (Å²) in [6.45, 7) is 6.36. The Morgan fingerprint density at radius 2 is 2.00 bits per heavy atom. The standard InChI is InChI=1S/C22H22FIN4OS2/c1-3-10-28-20(13-30-12-16-4-6-17(23)7-5-16)26-27-22(28)31-14-21(29)25-19-9-8-18(24)11-15(19)2/h3-9,11H,1,10,12-14H2,2H3,(H,25,29). The SMILES string of the molecule is C=CCn1c(CSCc2ccc(F)cc2)nnc1SCC(=O)Nc1ccc(I)cc1C. The van der Waals surface area contributed by atoms with E-state index in [0.29, 0.717) is 17.5 Å². The number of thioether (sulfide) groups is 2. The van der Waals surface area contributed by atoms with Crippen LogP contribution in [0.15, 0.2) is 60.3 Å². The molecule has 0 fully saturated rings. The first-order chi connectivity index (χ1) is 15.0. The number of nitrogens with one attached hydrogen (secondary N) is 1. The van der Waals surface area contributed by atoms with E-state index in [1.807, 2.05) is 29.7 Å². The average molecular weight is 568 g/mol. The van der Waals surface area contributed by atoms with E-state index in [1.165, 1.54) is 23.9 Å². The Balaban J connectivity index is 1.56. The molecule has 1 aromatic heterocycles. The topological polar surface area (TPSA) is 59.8 Å². The van der Waals surface area contributed by atoms with Crippen LogP contribution in [0, 0.1) is 16.3 Å². The van der Waals surface area contributed by atoms with Crippen LogP contribution in [0.25, 0.3) is 0 Å². The van der Waals surface area contributed by atoms with Gasteiger partial charge in [-0.3, -0.25) is 4.79 Å². The van der Waals surface area contributed by atoms with Crippen LogP contribution < -0.4 is 5.32 Å². The number of carbonyl (C=O) groups excluding carboxylic acids is 1. The van der Waals surface area contributed by atoms with Crippen LogP contribution in [-0.2, 0) is 22.8 Å². The number of amides is 1. The minimum Gasteiger partial charge on any atom is -0.325 e. The molecule has 0 saturated heterocycles. The first-order valence-electron chi connectivity index (χ1n) is 9.50. The zero-order chi connectivity index (χ0) is 22.2. The fraction of sp³-hybridized carbons (Fsp3) is 0.227. The molecule has 0 saturated carbocycles. The van der Waals surface area contributed by atoms with Crippen molar-refractivity contribution in [2.75, 3.05) is 11.1 Å². The van der Waals surface area contributed by atoms with Gasteiger partial charge in [-0.25, -0.2) is 4.39 Å². The largest absolute Gasteiger partial charge is 0.325 e. The summed E-state index contributed by atoms with van der Waals surface area (Å²) in [5.41, 5.74) is 2.90. The Labute approximate surface area is 203 Å². The molecule has 9 heteroatoms. The van der Waals surface area contributed by atoms with Gasteiger partial charge in [0.2, 0.25) is 5.91 Å². The van der Waals surface area contributed by atoms with Crippen LogP contribution in [0.4, 0.5) is 10.1 Å². The van der Waals surface area contributed by atoms with Gasteiger partial charge < -0.3 is 9.88 Å². The van der Waals surface area contributed by atoms with Gasteiger partial charge in [0.25, 0.3) is 0 Å². The van der Waals surface area contributed by atoms with Crippen molar-refractivity contribution in [3.8, 4) is 0 Å². The molecule has 3 aromatic rings. The van der Waals surface area contributed by atoms with Gasteiger partial charge in [-0.15, -0.1) is 28.5 Å². The van der Waals surface area contributed by atoms with Crippen LogP contribution in [-0.4, -0.2) is 26.4 Å². The van der Waals surface area contributed by atoms with Gasteiger partial charge in [0.15, 0.2) is 5.16 Å². The monoisotopic (exact) mass is 568 g/mol. The Morgan fingerprint density at radius 3 is 2.71 bits per heavy atom. The Hall–Kier alpha value is -1.85. The van der Waals surface area contributed by atoms with Crippen molar-refractivity contribution < 1.29 is 9.18 Å². The third-order valence-electron chi connectivity index (χ3n) is 4.31. The number of hydrogen-bond donors (Lipinski definition) is 1. The van der Waals surface area contributed by atoms with E-state index in [0.717, 1.165) is 32.0 Å². The summed E-state index contributed by atoms with van der Waals surface area (Å²) < 4.78 is 16.1. The summed E-state index contributed by atoms with van der Waals surface area (Å²) in [5.74, 6) is 2.15. The molecule has 0 radical (unpaired) electrons. The Kier molecular flexibility index (Phi) is 8.97. The van der Waals surface area contributed by atoms with Crippen LogP contribution in [0.5, 0.6) is 0 Å². The first kappa shape index (κ1) is 23.8. The maximum absolute atomic E-state index is 13.0. The molecule has 3 rings (SSSR count). The van der Waals surface area contributed by atoms with Crippen molar-refractivity contribution in [2.45, 2.75) is 30.1 Å². The maximum atomic E-state index is 13.0. The van der Waals surface area contributed by atoms with E-state index in [2.05, 4.69) is 44.7 Å². The lowest BCUT2D eigenvalue weighted by Crippen LogP contribution is -2.15. The summed E-state index contributed by atoms with van der Waals surface area (Å²) in [5, 5.41) is 12.2. The lowest BCUT2D eigenvalue weighted by molar-refractivity contribution is -0.113. The molecule has 0 spiro atoms. The first-order valence-corrected chi connectivity index (χ1v) is 12.7. The summed E-state index contributed by atoms with van der Waals surface area (Å²) in [6.07, 6.45) is 1.79. The number of anilines is 1. The number of aromatic nitrogens is 3. The summed E-state index contributed by atoms with van der Waals surface area (Å²) in [7, 11) is 0. The molecule has 1 amide bonds. The van der Waals surface area contributed by atoms with Crippen molar-refractivity contribution in [3.63, 3.8) is 0 Å². The van der Waals surface area contributed by atoms with Crippen LogP contribution in [0.3, 0.4) is 0 Å². The van der Waals surface area contributed by atoms with Gasteiger partial charge in [0, 0.05) is 21.6 Å². The highest BCUT2D eigenvalue weighted by atomic mass is 127.